The number of methoxy groups -OCH3 is 1. The molecule has 0 saturated heterocycles. The first-order valence-corrected chi connectivity index (χ1v) is 6.99. The molecular formula is C14H29NO2. The third-order valence-corrected chi connectivity index (χ3v) is 3.84. The quantitative estimate of drug-likeness (QED) is 0.704. The summed E-state index contributed by atoms with van der Waals surface area (Å²) in [4.78, 5) is 0. The van der Waals surface area contributed by atoms with E-state index in [0.717, 1.165) is 6.42 Å². The summed E-state index contributed by atoms with van der Waals surface area (Å²) in [5, 5.41) is 13.1. The predicted octanol–water partition coefficient (Wildman–Crippen LogP) is 2.47. The molecule has 1 fully saturated rings. The van der Waals surface area contributed by atoms with Crippen molar-refractivity contribution in [1.82, 2.24) is 5.32 Å². The highest BCUT2D eigenvalue weighted by Crippen LogP contribution is 2.20. The van der Waals surface area contributed by atoms with Crippen LogP contribution in [-0.4, -0.2) is 36.5 Å². The van der Waals surface area contributed by atoms with Crippen LogP contribution in [0.4, 0.5) is 0 Å². The van der Waals surface area contributed by atoms with Gasteiger partial charge in [-0.1, -0.05) is 25.7 Å². The monoisotopic (exact) mass is 243 g/mol. The normalized spacial score (nSPS) is 21.2. The molecule has 3 heteroatoms. The number of hydrogen-bond donors (Lipinski definition) is 2. The molecule has 2 N–H and O–H groups in total. The van der Waals surface area contributed by atoms with Crippen LogP contribution >= 0.6 is 0 Å². The van der Waals surface area contributed by atoms with Gasteiger partial charge in [-0.15, -0.1) is 0 Å². The zero-order valence-corrected chi connectivity index (χ0v) is 11.7. The van der Waals surface area contributed by atoms with E-state index in [1.165, 1.54) is 38.5 Å². The van der Waals surface area contributed by atoms with E-state index in [4.69, 9.17) is 4.74 Å². The Morgan fingerprint density at radius 3 is 2.29 bits per heavy atom. The molecule has 0 amide bonds. The highest BCUT2D eigenvalue weighted by Gasteiger charge is 2.24. The SMILES string of the molecule is COC(C)(C)CC(CO)NC1CCCCCC1. The molecule has 1 rings (SSSR count). The number of nitrogens with one attached hydrogen (secondary N) is 1. The highest BCUT2D eigenvalue weighted by molar-refractivity contribution is 4.82. The maximum absolute atomic E-state index is 9.47. The van der Waals surface area contributed by atoms with Crippen molar-refractivity contribution in [2.45, 2.75) is 76.5 Å². The van der Waals surface area contributed by atoms with Gasteiger partial charge in [0.25, 0.3) is 0 Å². The van der Waals surface area contributed by atoms with E-state index in [0.29, 0.717) is 6.04 Å². The standard InChI is InChI=1S/C14H29NO2/c1-14(2,17-3)10-13(11-16)15-12-8-6-4-5-7-9-12/h12-13,15-16H,4-11H2,1-3H3. The van der Waals surface area contributed by atoms with Crippen molar-refractivity contribution in [2.75, 3.05) is 13.7 Å². The van der Waals surface area contributed by atoms with Crippen molar-refractivity contribution in [2.24, 2.45) is 0 Å². The summed E-state index contributed by atoms with van der Waals surface area (Å²) in [6.45, 7) is 4.35. The third-order valence-electron chi connectivity index (χ3n) is 3.84. The summed E-state index contributed by atoms with van der Waals surface area (Å²) in [5.41, 5.74) is -0.162. The minimum absolute atomic E-state index is 0.160. The molecule has 1 unspecified atom stereocenters. The Kier molecular flexibility index (Phi) is 6.45. The van der Waals surface area contributed by atoms with Gasteiger partial charge in [0.15, 0.2) is 0 Å². The van der Waals surface area contributed by atoms with Gasteiger partial charge < -0.3 is 15.2 Å². The van der Waals surface area contributed by atoms with E-state index in [2.05, 4.69) is 19.2 Å². The number of ether oxygens (including phenoxy) is 1. The third kappa shape index (κ3) is 5.84. The lowest BCUT2D eigenvalue weighted by Crippen LogP contribution is -2.44. The van der Waals surface area contributed by atoms with Crippen molar-refractivity contribution in [3.63, 3.8) is 0 Å². The first-order valence-electron chi connectivity index (χ1n) is 6.99. The Morgan fingerprint density at radius 1 is 1.24 bits per heavy atom. The second-order valence-electron chi connectivity index (χ2n) is 5.90. The van der Waals surface area contributed by atoms with Crippen LogP contribution in [0.2, 0.25) is 0 Å². The van der Waals surface area contributed by atoms with Crippen LogP contribution in [0.25, 0.3) is 0 Å². The molecule has 0 bridgehead atoms. The van der Waals surface area contributed by atoms with E-state index in [9.17, 15) is 5.11 Å². The second-order valence-corrected chi connectivity index (χ2v) is 5.90. The molecule has 0 aliphatic heterocycles. The molecule has 17 heavy (non-hydrogen) atoms. The second kappa shape index (κ2) is 7.34. The van der Waals surface area contributed by atoms with Crippen LogP contribution in [0, 0.1) is 0 Å². The Morgan fingerprint density at radius 2 is 1.82 bits per heavy atom. The molecule has 1 saturated carbocycles. The van der Waals surface area contributed by atoms with Gasteiger partial charge in [-0.3, -0.25) is 0 Å². The molecule has 102 valence electrons. The Hall–Kier alpha value is -0.120. The number of aliphatic hydroxyl groups is 1. The Labute approximate surface area is 106 Å². The van der Waals surface area contributed by atoms with Gasteiger partial charge in [0.1, 0.15) is 0 Å². The lowest BCUT2D eigenvalue weighted by molar-refractivity contribution is 0.000190. The van der Waals surface area contributed by atoms with Gasteiger partial charge in [0.2, 0.25) is 0 Å². The van der Waals surface area contributed by atoms with Gasteiger partial charge in [-0.25, -0.2) is 0 Å². The summed E-state index contributed by atoms with van der Waals surface area (Å²) in [5.74, 6) is 0. The molecule has 3 nitrogen and oxygen atoms in total. The molecule has 0 heterocycles. The van der Waals surface area contributed by atoms with Gasteiger partial charge in [0.05, 0.1) is 12.2 Å². The van der Waals surface area contributed by atoms with Gasteiger partial charge >= 0.3 is 0 Å². The van der Waals surface area contributed by atoms with Crippen LogP contribution in [0.5, 0.6) is 0 Å². The first-order chi connectivity index (χ1) is 8.07. The average Bonchev–Trinajstić information content (AvgIpc) is 2.56. The molecule has 0 aromatic rings. The van der Waals surface area contributed by atoms with Crippen molar-refractivity contribution in [1.29, 1.82) is 0 Å². The Bertz CT molecular complexity index is 198. The van der Waals surface area contributed by atoms with E-state index in [-0.39, 0.29) is 18.2 Å². The zero-order chi connectivity index (χ0) is 12.7. The van der Waals surface area contributed by atoms with Crippen LogP contribution in [0.3, 0.4) is 0 Å². The highest BCUT2D eigenvalue weighted by atomic mass is 16.5. The molecule has 1 aliphatic carbocycles. The van der Waals surface area contributed by atoms with Crippen LogP contribution in [0.1, 0.15) is 58.8 Å². The summed E-state index contributed by atoms with van der Waals surface area (Å²) in [6, 6.07) is 0.746. The molecule has 0 radical (unpaired) electrons. The Balaban J connectivity index is 2.39. The number of hydrogen-bond acceptors (Lipinski definition) is 3. The van der Waals surface area contributed by atoms with Crippen molar-refractivity contribution in [3.05, 3.63) is 0 Å². The summed E-state index contributed by atoms with van der Waals surface area (Å²) in [7, 11) is 1.74. The lowest BCUT2D eigenvalue weighted by atomic mass is 9.97. The van der Waals surface area contributed by atoms with Gasteiger partial charge in [-0.05, 0) is 33.1 Å². The maximum atomic E-state index is 9.47. The predicted molar refractivity (Wildman–Crippen MR) is 71.2 cm³/mol. The minimum atomic E-state index is -0.162. The van der Waals surface area contributed by atoms with E-state index in [1.807, 2.05) is 0 Å². The van der Waals surface area contributed by atoms with Crippen LogP contribution in [-0.2, 0) is 4.74 Å². The molecular weight excluding hydrogens is 214 g/mol. The zero-order valence-electron chi connectivity index (χ0n) is 11.7. The fraction of sp³-hybridized carbons (Fsp3) is 1.00. The van der Waals surface area contributed by atoms with E-state index < -0.39 is 0 Å². The fourth-order valence-electron chi connectivity index (χ4n) is 2.63. The molecule has 1 atom stereocenters. The minimum Gasteiger partial charge on any atom is -0.395 e. The molecule has 0 aromatic carbocycles. The maximum Gasteiger partial charge on any atom is 0.0638 e. The topological polar surface area (TPSA) is 41.5 Å². The largest absolute Gasteiger partial charge is 0.395 e. The van der Waals surface area contributed by atoms with Crippen LogP contribution in [0.15, 0.2) is 0 Å². The van der Waals surface area contributed by atoms with E-state index in [1.54, 1.807) is 7.11 Å². The van der Waals surface area contributed by atoms with Crippen molar-refractivity contribution >= 4 is 0 Å². The van der Waals surface area contributed by atoms with Crippen molar-refractivity contribution in [3.8, 4) is 0 Å². The van der Waals surface area contributed by atoms with Gasteiger partial charge in [0, 0.05) is 19.2 Å². The van der Waals surface area contributed by atoms with E-state index >= 15 is 0 Å². The lowest BCUT2D eigenvalue weighted by Gasteiger charge is -2.30. The first kappa shape index (κ1) is 14.9. The molecule has 0 spiro atoms. The van der Waals surface area contributed by atoms with Crippen molar-refractivity contribution < 1.29 is 9.84 Å². The molecule has 0 aromatic heterocycles. The number of aliphatic hydroxyl groups excluding tert-OH is 1. The number of rotatable bonds is 6. The summed E-state index contributed by atoms with van der Waals surface area (Å²) < 4.78 is 5.43. The average molecular weight is 243 g/mol. The smallest absolute Gasteiger partial charge is 0.0638 e. The summed E-state index contributed by atoms with van der Waals surface area (Å²) in [6.07, 6.45) is 8.74. The fourth-order valence-corrected chi connectivity index (χ4v) is 2.63. The van der Waals surface area contributed by atoms with Crippen LogP contribution < -0.4 is 5.32 Å². The van der Waals surface area contributed by atoms with Gasteiger partial charge in [-0.2, -0.15) is 0 Å². The molecule has 1 aliphatic rings. The summed E-state index contributed by atoms with van der Waals surface area (Å²) >= 11 is 0.